The molecule has 0 saturated heterocycles. The highest BCUT2D eigenvalue weighted by molar-refractivity contribution is 7.90. The fourth-order valence-electron chi connectivity index (χ4n) is 1.81. The number of hydrogen-bond donors (Lipinski definition) is 2. The Balaban J connectivity index is 2.45. The van der Waals surface area contributed by atoms with E-state index in [0.29, 0.717) is 5.56 Å². The summed E-state index contributed by atoms with van der Waals surface area (Å²) in [4.78, 5) is -0.115. The maximum absolute atomic E-state index is 12.7. The van der Waals surface area contributed by atoms with Crippen molar-refractivity contribution < 1.29 is 26.7 Å². The molecule has 2 rings (SSSR count). The second-order valence-corrected chi connectivity index (χ2v) is 6.46. The van der Waals surface area contributed by atoms with Crippen molar-refractivity contribution in [2.75, 3.05) is 0 Å². The van der Waals surface area contributed by atoms with E-state index in [-0.39, 0.29) is 4.90 Å². The molecule has 5 nitrogen and oxygen atoms in total. The Kier molecular flexibility index (Phi) is 3.70. The Morgan fingerprint density at radius 2 is 2.00 bits per heavy atom. The van der Waals surface area contributed by atoms with E-state index in [2.05, 4.69) is 5.10 Å². The van der Waals surface area contributed by atoms with Gasteiger partial charge in [0.15, 0.2) is 15.5 Å². The minimum atomic E-state index is -4.85. The van der Waals surface area contributed by atoms with Gasteiger partial charge in [0.25, 0.3) is 0 Å². The number of halogens is 3. The molecule has 21 heavy (non-hydrogen) atoms. The Labute approximate surface area is 118 Å². The molecule has 0 saturated carbocycles. The topological polar surface area (TPSA) is 83.0 Å². The summed E-state index contributed by atoms with van der Waals surface area (Å²) in [6.07, 6.45) is -4.85. The average molecular weight is 320 g/mol. The van der Waals surface area contributed by atoms with Gasteiger partial charge in [0.2, 0.25) is 5.88 Å². The molecular formula is C12H11F3N2O3S. The molecule has 1 aromatic heterocycles. The second-order valence-electron chi connectivity index (χ2n) is 4.47. The third kappa shape index (κ3) is 3.18. The lowest BCUT2D eigenvalue weighted by atomic mass is 10.2. The summed E-state index contributed by atoms with van der Waals surface area (Å²) in [5, 5.41) is 14.0. The number of aromatic nitrogens is 2. The Hall–Kier alpha value is -2.03. The summed E-state index contributed by atoms with van der Waals surface area (Å²) in [7, 11) is -4.03. The minimum Gasteiger partial charge on any atom is -0.493 e. The highest BCUT2D eigenvalue weighted by Crippen LogP contribution is 2.35. The van der Waals surface area contributed by atoms with Crippen molar-refractivity contribution in [3.05, 3.63) is 41.1 Å². The summed E-state index contributed by atoms with van der Waals surface area (Å²) in [5.74, 6) is -1.90. The van der Waals surface area contributed by atoms with E-state index < -0.39 is 38.9 Å². The molecule has 0 bridgehead atoms. The van der Waals surface area contributed by atoms with Gasteiger partial charge in [-0.3, -0.25) is 0 Å². The summed E-state index contributed by atoms with van der Waals surface area (Å²) in [6, 6.07) is 5.78. The molecule has 2 aromatic rings. The van der Waals surface area contributed by atoms with Gasteiger partial charge >= 0.3 is 6.18 Å². The standard InChI is InChI=1S/C12H11F3N2O3S/c1-7-3-2-4-8(5-7)21(19,20)6-9-10(12(13,14)15)16-17-11(9)18/h2-5H,6H2,1H3,(H2,16,17,18). The maximum Gasteiger partial charge on any atom is 0.435 e. The lowest BCUT2D eigenvalue weighted by molar-refractivity contribution is -0.141. The van der Waals surface area contributed by atoms with Gasteiger partial charge in [-0.25, -0.2) is 13.5 Å². The molecule has 0 fully saturated rings. The van der Waals surface area contributed by atoms with Crippen LogP contribution in [0.3, 0.4) is 0 Å². The molecule has 9 heteroatoms. The largest absolute Gasteiger partial charge is 0.493 e. The summed E-state index contributed by atoms with van der Waals surface area (Å²) < 4.78 is 62.5. The number of rotatable bonds is 3. The number of H-pyrrole nitrogens is 1. The smallest absolute Gasteiger partial charge is 0.435 e. The molecule has 0 radical (unpaired) electrons. The van der Waals surface area contributed by atoms with Crippen molar-refractivity contribution in [1.82, 2.24) is 10.2 Å². The Morgan fingerprint density at radius 3 is 2.57 bits per heavy atom. The minimum absolute atomic E-state index is 0.115. The van der Waals surface area contributed by atoms with Gasteiger partial charge in [0.1, 0.15) is 0 Å². The van der Waals surface area contributed by atoms with E-state index >= 15 is 0 Å². The van der Waals surface area contributed by atoms with Crippen molar-refractivity contribution in [3.63, 3.8) is 0 Å². The van der Waals surface area contributed by atoms with E-state index in [4.69, 9.17) is 0 Å². The summed E-state index contributed by atoms with van der Waals surface area (Å²) in [6.45, 7) is 1.66. The molecular weight excluding hydrogens is 309 g/mol. The van der Waals surface area contributed by atoms with Crippen LogP contribution in [0.1, 0.15) is 16.8 Å². The third-order valence-electron chi connectivity index (χ3n) is 2.80. The van der Waals surface area contributed by atoms with Gasteiger partial charge in [-0.2, -0.15) is 18.3 Å². The van der Waals surface area contributed by atoms with Gasteiger partial charge < -0.3 is 5.11 Å². The van der Waals surface area contributed by atoms with E-state index in [1.807, 2.05) is 0 Å². The predicted molar refractivity (Wildman–Crippen MR) is 67.3 cm³/mol. The van der Waals surface area contributed by atoms with Gasteiger partial charge in [0.05, 0.1) is 16.2 Å². The van der Waals surface area contributed by atoms with Crippen LogP contribution in [0, 0.1) is 6.92 Å². The Bertz CT molecular complexity index is 766. The number of aromatic hydroxyl groups is 1. The molecule has 114 valence electrons. The molecule has 1 aromatic carbocycles. The van der Waals surface area contributed by atoms with Gasteiger partial charge in [-0.1, -0.05) is 12.1 Å². The molecule has 0 unspecified atom stereocenters. The molecule has 0 aliphatic carbocycles. The van der Waals surface area contributed by atoms with Crippen molar-refractivity contribution in [2.45, 2.75) is 23.7 Å². The molecule has 1 heterocycles. The quantitative estimate of drug-likeness (QED) is 0.910. The first-order valence-electron chi connectivity index (χ1n) is 5.74. The van der Waals surface area contributed by atoms with Gasteiger partial charge in [0, 0.05) is 0 Å². The third-order valence-corrected chi connectivity index (χ3v) is 4.44. The van der Waals surface area contributed by atoms with Crippen molar-refractivity contribution in [2.24, 2.45) is 0 Å². The van der Waals surface area contributed by atoms with E-state index in [1.165, 1.54) is 18.2 Å². The summed E-state index contributed by atoms with van der Waals surface area (Å²) in [5.41, 5.74) is -1.57. The van der Waals surface area contributed by atoms with Crippen LogP contribution in [0.4, 0.5) is 13.2 Å². The first kappa shape index (κ1) is 15.4. The van der Waals surface area contributed by atoms with Crippen LogP contribution in [0.25, 0.3) is 0 Å². The zero-order valence-corrected chi connectivity index (χ0v) is 11.6. The maximum atomic E-state index is 12.7. The number of aryl methyl sites for hydroxylation is 1. The van der Waals surface area contributed by atoms with Crippen LogP contribution in [0.2, 0.25) is 0 Å². The number of hydrogen-bond acceptors (Lipinski definition) is 4. The number of aromatic amines is 1. The summed E-state index contributed by atoms with van der Waals surface area (Å²) >= 11 is 0. The van der Waals surface area contributed by atoms with Crippen LogP contribution in [0.5, 0.6) is 5.88 Å². The van der Waals surface area contributed by atoms with E-state index in [9.17, 15) is 26.7 Å². The van der Waals surface area contributed by atoms with Crippen LogP contribution in [0.15, 0.2) is 29.2 Å². The zero-order valence-electron chi connectivity index (χ0n) is 10.8. The number of benzene rings is 1. The average Bonchev–Trinajstić information content (AvgIpc) is 2.70. The second kappa shape index (κ2) is 5.06. The first-order valence-corrected chi connectivity index (χ1v) is 7.39. The fourth-order valence-corrected chi connectivity index (χ4v) is 3.28. The van der Waals surface area contributed by atoms with Crippen molar-refractivity contribution in [1.29, 1.82) is 0 Å². The van der Waals surface area contributed by atoms with Gasteiger partial charge in [-0.15, -0.1) is 0 Å². The lowest BCUT2D eigenvalue weighted by Gasteiger charge is -2.08. The molecule has 0 amide bonds. The SMILES string of the molecule is Cc1cccc(S(=O)(=O)Cc2c(C(F)(F)F)n[nH]c2O)c1. The monoisotopic (exact) mass is 320 g/mol. The number of nitrogens with zero attached hydrogens (tertiary/aromatic N) is 1. The zero-order chi connectivity index (χ0) is 15.8. The predicted octanol–water partition coefficient (Wildman–Crippen LogP) is 2.42. The highest BCUT2D eigenvalue weighted by Gasteiger charge is 2.39. The van der Waals surface area contributed by atoms with Crippen LogP contribution >= 0.6 is 0 Å². The number of sulfone groups is 1. The van der Waals surface area contributed by atoms with E-state index in [1.54, 1.807) is 18.1 Å². The first-order chi connectivity index (χ1) is 9.61. The van der Waals surface area contributed by atoms with E-state index in [0.717, 1.165) is 0 Å². The van der Waals surface area contributed by atoms with Crippen LogP contribution in [-0.4, -0.2) is 23.7 Å². The number of nitrogens with one attached hydrogen (secondary N) is 1. The van der Waals surface area contributed by atoms with Crippen molar-refractivity contribution >= 4 is 9.84 Å². The molecule has 0 aliphatic rings. The molecule has 0 atom stereocenters. The highest BCUT2D eigenvalue weighted by atomic mass is 32.2. The molecule has 0 aliphatic heterocycles. The number of alkyl halides is 3. The lowest BCUT2D eigenvalue weighted by Crippen LogP contribution is -2.12. The molecule has 2 N–H and O–H groups in total. The van der Waals surface area contributed by atoms with Crippen LogP contribution < -0.4 is 0 Å². The Morgan fingerprint density at radius 1 is 1.33 bits per heavy atom. The van der Waals surface area contributed by atoms with Crippen LogP contribution in [-0.2, 0) is 21.8 Å². The van der Waals surface area contributed by atoms with Gasteiger partial charge in [-0.05, 0) is 24.6 Å². The van der Waals surface area contributed by atoms with Crippen molar-refractivity contribution in [3.8, 4) is 5.88 Å². The normalized spacial score (nSPS) is 12.6. The molecule has 0 spiro atoms. The fraction of sp³-hybridized carbons (Fsp3) is 0.250.